The molecule has 0 aliphatic rings. The Balaban J connectivity index is -0.000000980. The van der Waals surface area contributed by atoms with Crippen LogP contribution in [-0.2, 0) is 10.1 Å². The number of aliphatic hydroxyl groups excluding tert-OH is 3. The van der Waals surface area contributed by atoms with Crippen molar-refractivity contribution >= 4 is 39.7 Å². The van der Waals surface area contributed by atoms with Crippen LogP contribution in [0.2, 0.25) is 0 Å². The van der Waals surface area contributed by atoms with E-state index in [0.717, 1.165) is 0 Å². The van der Waals surface area contributed by atoms with E-state index in [1.165, 1.54) is 4.90 Å². The van der Waals surface area contributed by atoms with Crippen molar-refractivity contribution in [2.45, 2.75) is 6.10 Å². The monoisotopic (exact) mass is 284 g/mol. The minimum absolute atomic E-state index is 0. The quantitative estimate of drug-likeness (QED) is 0.265. The number of hydrogen-bond donors (Lipinski definition) is 4. The number of aliphatic hydroxyl groups is 3. The zero-order valence-corrected chi connectivity index (χ0v) is 12.6. The second-order valence-electron chi connectivity index (χ2n) is 3.15. The Morgan fingerprint density at radius 3 is 1.82 bits per heavy atom. The predicted octanol–water partition coefficient (Wildman–Crippen LogP) is -3.68. The van der Waals surface area contributed by atoms with Gasteiger partial charge in [0.05, 0.1) is 19.3 Å². The molecule has 0 saturated heterocycles. The van der Waals surface area contributed by atoms with Crippen molar-refractivity contribution in [2.75, 3.05) is 38.6 Å². The van der Waals surface area contributed by atoms with Crippen LogP contribution in [0.25, 0.3) is 0 Å². The maximum atomic E-state index is 10.4. The van der Waals surface area contributed by atoms with Crippen molar-refractivity contribution in [3.05, 3.63) is 0 Å². The summed E-state index contributed by atoms with van der Waals surface area (Å²) in [7, 11) is -4.20. The molecule has 1 unspecified atom stereocenters. The summed E-state index contributed by atoms with van der Waals surface area (Å²) < 4.78 is 29.3. The molecular weight excluding hydrogens is 265 g/mol. The van der Waals surface area contributed by atoms with Crippen molar-refractivity contribution in [3.63, 3.8) is 0 Å². The van der Waals surface area contributed by atoms with E-state index in [4.69, 9.17) is 14.8 Å². The summed E-state index contributed by atoms with van der Waals surface area (Å²) in [6.07, 6.45) is -1.24. The number of hydrogen-bond acceptors (Lipinski definition) is 6. The second kappa shape index (κ2) is 11.8. The molecule has 0 aliphatic carbocycles. The van der Waals surface area contributed by atoms with Crippen LogP contribution in [-0.4, -0.2) is 113 Å². The summed E-state index contributed by atoms with van der Waals surface area (Å²) in [6, 6.07) is 0. The van der Waals surface area contributed by atoms with Gasteiger partial charge in [0.25, 0.3) is 10.1 Å². The van der Waals surface area contributed by atoms with Crippen LogP contribution in [0.15, 0.2) is 0 Å². The smallest absolute Gasteiger partial charge is 0.267 e. The molecule has 0 fully saturated rings. The van der Waals surface area contributed by atoms with Gasteiger partial charge in [-0.25, -0.2) is 0 Å². The van der Waals surface area contributed by atoms with Crippen LogP contribution in [0, 0.1) is 0 Å². The van der Waals surface area contributed by atoms with Crippen molar-refractivity contribution < 1.29 is 33.8 Å². The normalized spacial score (nSPS) is 12.8. The van der Waals surface area contributed by atoms with Crippen LogP contribution >= 0.6 is 0 Å². The van der Waals surface area contributed by atoms with Gasteiger partial charge in [0.1, 0.15) is 5.75 Å². The molecule has 6 N–H and O–H groups in total. The zero-order chi connectivity index (χ0) is 11.9. The molecule has 1 radical (unpaired) electrons. The molecule has 0 aromatic carbocycles. The topological polar surface area (TPSA) is 150 Å². The van der Waals surface area contributed by atoms with Gasteiger partial charge < -0.3 is 20.8 Å². The molecule has 0 amide bonds. The van der Waals surface area contributed by atoms with E-state index in [9.17, 15) is 13.5 Å². The van der Waals surface area contributed by atoms with Gasteiger partial charge in [0.15, 0.2) is 0 Å². The second-order valence-corrected chi connectivity index (χ2v) is 4.65. The van der Waals surface area contributed by atoms with Gasteiger partial charge in [-0.15, -0.1) is 0 Å². The molecule has 0 rings (SSSR count). The van der Waals surface area contributed by atoms with Crippen molar-refractivity contribution in [1.29, 1.82) is 0 Å². The maximum absolute atomic E-state index is 10.4. The molecule has 0 saturated carbocycles. The molecule has 8 nitrogen and oxygen atoms in total. The maximum Gasteiger partial charge on any atom is 0.267 e. The summed E-state index contributed by atoms with van der Waals surface area (Å²) in [5.41, 5.74) is 0. The molecule has 0 bridgehead atoms. The van der Waals surface area contributed by atoms with Crippen LogP contribution < -0.4 is 0 Å². The Morgan fingerprint density at radius 2 is 1.53 bits per heavy atom. The first-order chi connectivity index (χ1) is 6.89. The summed E-state index contributed by atoms with van der Waals surface area (Å²) >= 11 is 0. The fraction of sp³-hybridized carbons (Fsp3) is 1.00. The van der Waals surface area contributed by atoms with Crippen molar-refractivity contribution in [3.8, 4) is 0 Å². The Morgan fingerprint density at radius 1 is 1.12 bits per heavy atom. The Bertz CT molecular complexity index is 255. The molecule has 1 atom stereocenters. The summed E-state index contributed by atoms with van der Waals surface area (Å²) in [4.78, 5) is 1.50. The molecular formula is C7H19NNaO7S. The molecule has 17 heavy (non-hydrogen) atoms. The average Bonchev–Trinajstić information content (AvgIpc) is 2.00. The van der Waals surface area contributed by atoms with Crippen LogP contribution in [0.4, 0.5) is 0 Å². The van der Waals surface area contributed by atoms with Gasteiger partial charge in [-0.05, 0) is 0 Å². The fourth-order valence-corrected chi connectivity index (χ4v) is 1.76. The fourth-order valence-electron chi connectivity index (χ4n) is 1.17. The Hall–Kier alpha value is 0.710. The Kier molecular flexibility index (Phi) is 15.8. The first kappa shape index (κ1) is 22.9. The first-order valence-corrected chi connectivity index (χ1v) is 6.07. The molecule has 0 heterocycles. The van der Waals surface area contributed by atoms with E-state index in [-0.39, 0.29) is 67.9 Å². The third kappa shape index (κ3) is 14.7. The van der Waals surface area contributed by atoms with Crippen LogP contribution in [0.5, 0.6) is 0 Å². The zero-order valence-electron chi connectivity index (χ0n) is 9.78. The van der Waals surface area contributed by atoms with Crippen LogP contribution in [0.1, 0.15) is 0 Å². The van der Waals surface area contributed by atoms with Gasteiger partial charge in [0.2, 0.25) is 0 Å². The van der Waals surface area contributed by atoms with E-state index in [1.807, 2.05) is 0 Å². The minimum atomic E-state index is -4.20. The van der Waals surface area contributed by atoms with Crippen LogP contribution in [0.3, 0.4) is 0 Å². The minimum Gasteiger partial charge on any atom is -0.412 e. The van der Waals surface area contributed by atoms with E-state index in [0.29, 0.717) is 0 Å². The standard InChI is InChI=1S/C7H17NO6S.Na.H2O/c9-3-1-8(2-4-10)5-7(11)6-15(12,13)14;;/h7,9-11H,1-6H2,(H,12,13,14);;1H2. The molecule has 0 spiro atoms. The van der Waals surface area contributed by atoms with Gasteiger partial charge in [-0.2, -0.15) is 8.42 Å². The summed E-state index contributed by atoms with van der Waals surface area (Å²) in [5, 5.41) is 26.5. The average molecular weight is 284 g/mol. The van der Waals surface area contributed by atoms with Gasteiger partial charge >= 0.3 is 0 Å². The predicted molar refractivity (Wildman–Crippen MR) is 62.4 cm³/mol. The van der Waals surface area contributed by atoms with Gasteiger partial charge in [-0.3, -0.25) is 9.45 Å². The van der Waals surface area contributed by atoms with Crippen molar-refractivity contribution in [1.82, 2.24) is 4.90 Å². The summed E-state index contributed by atoms with van der Waals surface area (Å²) in [6.45, 7) is 0.115. The Labute approximate surface area is 123 Å². The number of nitrogens with zero attached hydrogens (tertiary/aromatic N) is 1. The third-order valence-electron chi connectivity index (χ3n) is 1.70. The third-order valence-corrected chi connectivity index (χ3v) is 2.51. The van der Waals surface area contributed by atoms with E-state index >= 15 is 0 Å². The molecule has 10 heteroatoms. The molecule has 0 aromatic heterocycles. The molecule has 0 aliphatic heterocycles. The molecule has 0 aromatic rings. The van der Waals surface area contributed by atoms with Gasteiger partial charge in [0, 0.05) is 49.2 Å². The van der Waals surface area contributed by atoms with E-state index < -0.39 is 22.0 Å². The SMILES string of the molecule is O.O=S(=O)(O)CC(O)CN(CCO)CCO.[Na]. The van der Waals surface area contributed by atoms with E-state index in [2.05, 4.69) is 0 Å². The van der Waals surface area contributed by atoms with Gasteiger partial charge in [-0.1, -0.05) is 0 Å². The summed E-state index contributed by atoms with van der Waals surface area (Å²) in [5.74, 6) is -0.750. The largest absolute Gasteiger partial charge is 0.412 e. The van der Waals surface area contributed by atoms with E-state index in [1.54, 1.807) is 0 Å². The first-order valence-electron chi connectivity index (χ1n) is 4.46. The molecule has 101 valence electrons. The van der Waals surface area contributed by atoms with Crippen molar-refractivity contribution in [2.24, 2.45) is 0 Å². The number of rotatable bonds is 8.